The lowest BCUT2D eigenvalue weighted by Crippen LogP contribution is -2.43. The summed E-state index contributed by atoms with van der Waals surface area (Å²) in [5, 5.41) is 2.25. The van der Waals surface area contributed by atoms with Gasteiger partial charge in [0.2, 0.25) is 15.0 Å². The zero-order chi connectivity index (χ0) is 22.3. The third-order valence-electron chi connectivity index (χ3n) is 4.04. The number of nitrogens with zero attached hydrogens (tertiary/aromatic N) is 4. The Balaban J connectivity index is 2.01. The highest BCUT2D eigenvalue weighted by Gasteiger charge is 2.32. The van der Waals surface area contributed by atoms with E-state index >= 15 is 0 Å². The van der Waals surface area contributed by atoms with Crippen molar-refractivity contribution in [2.45, 2.75) is 38.1 Å². The molecule has 2 heterocycles. The predicted octanol–water partition coefficient (Wildman–Crippen LogP) is 2.93. The minimum atomic E-state index is -3.66. The van der Waals surface area contributed by atoms with E-state index in [1.165, 1.54) is 16.0 Å². The first-order valence-corrected chi connectivity index (χ1v) is 11.0. The summed E-state index contributed by atoms with van der Waals surface area (Å²) in [6.45, 7) is 5.49. The molecule has 11 heteroatoms. The van der Waals surface area contributed by atoms with E-state index in [-0.39, 0.29) is 17.5 Å². The van der Waals surface area contributed by atoms with E-state index in [0.29, 0.717) is 16.9 Å². The van der Waals surface area contributed by atoms with Gasteiger partial charge in [-0.15, -0.1) is 0 Å². The molecule has 3 rings (SSSR count). The van der Waals surface area contributed by atoms with E-state index in [2.05, 4.69) is 15.3 Å². The number of hydrogen-bond acceptors (Lipinski definition) is 7. The number of ether oxygens (including phenoxy) is 1. The third-order valence-corrected chi connectivity index (χ3v) is 4.90. The fraction of sp³-hybridized carbons (Fsp3) is 0.368. The second-order valence-corrected chi connectivity index (χ2v) is 9.83. The first-order chi connectivity index (χ1) is 13.8. The monoisotopic (exact) mass is 433 g/mol. The van der Waals surface area contributed by atoms with Crippen LogP contribution in [-0.4, -0.2) is 54.3 Å². The lowest BCUT2D eigenvalue weighted by atomic mass is 10.2. The Bertz CT molecular complexity index is 1110. The number of hydrogen-bond donors (Lipinski definition) is 1. The third kappa shape index (κ3) is 4.67. The van der Waals surface area contributed by atoms with E-state index in [0.717, 1.165) is 6.26 Å². The van der Waals surface area contributed by atoms with Gasteiger partial charge in [-0.1, -0.05) is 6.07 Å². The highest BCUT2D eigenvalue weighted by atomic mass is 32.2. The van der Waals surface area contributed by atoms with Gasteiger partial charge in [-0.3, -0.25) is 5.32 Å². The molecule has 0 saturated carbocycles. The van der Waals surface area contributed by atoms with Crippen molar-refractivity contribution in [3.63, 3.8) is 0 Å². The summed E-state index contributed by atoms with van der Waals surface area (Å²) in [4.78, 5) is 35.8. The molecule has 0 unspecified atom stereocenters. The van der Waals surface area contributed by atoms with Crippen LogP contribution in [-0.2, 0) is 21.1 Å². The van der Waals surface area contributed by atoms with Crippen LogP contribution < -0.4 is 10.2 Å². The number of rotatable bonds is 3. The first kappa shape index (κ1) is 21.5. The standard InChI is InChI=1S/C19H23N5O5S/c1-19(2,3)29-17(25)21-13-7-6-8-14(9-13)24-15-12(11-23(4)18(24)26)10-20-16(22-15)30(5,27)28/h6-10H,11H2,1-5H3,(H,21,25). The summed E-state index contributed by atoms with van der Waals surface area (Å²) >= 11 is 0. The molecule has 1 aromatic carbocycles. The average molecular weight is 433 g/mol. The van der Waals surface area contributed by atoms with E-state index in [9.17, 15) is 18.0 Å². The molecule has 1 aliphatic heterocycles. The fourth-order valence-electron chi connectivity index (χ4n) is 2.83. The van der Waals surface area contributed by atoms with Crippen molar-refractivity contribution in [3.8, 4) is 0 Å². The summed E-state index contributed by atoms with van der Waals surface area (Å²) in [5.74, 6) is 0.183. The Kier molecular flexibility index (Phi) is 5.42. The molecule has 1 aromatic heterocycles. The molecule has 0 saturated heterocycles. The minimum Gasteiger partial charge on any atom is -0.444 e. The van der Waals surface area contributed by atoms with Crippen molar-refractivity contribution in [1.82, 2.24) is 14.9 Å². The molecular weight excluding hydrogens is 410 g/mol. The van der Waals surface area contributed by atoms with Crippen molar-refractivity contribution in [2.24, 2.45) is 0 Å². The van der Waals surface area contributed by atoms with E-state index in [4.69, 9.17) is 4.74 Å². The van der Waals surface area contributed by atoms with Crippen LogP contribution in [0.4, 0.5) is 26.8 Å². The van der Waals surface area contributed by atoms with Gasteiger partial charge in [0.1, 0.15) is 5.60 Å². The van der Waals surface area contributed by atoms with Crippen LogP contribution in [0.1, 0.15) is 26.3 Å². The predicted molar refractivity (Wildman–Crippen MR) is 110 cm³/mol. The normalized spacial score (nSPS) is 14.4. The Morgan fingerprint density at radius 1 is 1.27 bits per heavy atom. The number of anilines is 3. The Morgan fingerprint density at radius 2 is 1.97 bits per heavy atom. The van der Waals surface area contributed by atoms with E-state index < -0.39 is 27.6 Å². The Labute approximate surface area is 174 Å². The molecule has 3 amide bonds. The van der Waals surface area contributed by atoms with Crippen molar-refractivity contribution in [3.05, 3.63) is 36.0 Å². The number of aromatic nitrogens is 2. The maximum absolute atomic E-state index is 12.9. The quantitative estimate of drug-likeness (QED) is 0.739. The number of carbonyl (C=O) groups is 2. The number of benzene rings is 1. The second-order valence-electron chi connectivity index (χ2n) is 7.92. The Hall–Kier alpha value is -3.21. The minimum absolute atomic E-state index is 0.183. The molecule has 0 radical (unpaired) electrons. The van der Waals surface area contributed by atoms with Crippen LogP contribution in [0.2, 0.25) is 0 Å². The number of carbonyl (C=O) groups excluding carboxylic acids is 2. The summed E-state index contributed by atoms with van der Waals surface area (Å²) < 4.78 is 29.0. The molecule has 2 aromatic rings. The molecule has 10 nitrogen and oxygen atoms in total. The van der Waals surface area contributed by atoms with Crippen molar-refractivity contribution < 1.29 is 22.7 Å². The van der Waals surface area contributed by atoms with Gasteiger partial charge in [-0.2, -0.15) is 4.98 Å². The van der Waals surface area contributed by atoms with Crippen molar-refractivity contribution in [2.75, 3.05) is 23.5 Å². The summed E-state index contributed by atoms with van der Waals surface area (Å²) in [6, 6.07) is 6.14. The summed E-state index contributed by atoms with van der Waals surface area (Å²) in [6.07, 6.45) is 1.77. The number of urea groups is 1. The van der Waals surface area contributed by atoms with Crippen molar-refractivity contribution >= 4 is 39.2 Å². The SMILES string of the molecule is CN1Cc2cnc(S(C)(=O)=O)nc2N(c2cccc(NC(=O)OC(C)(C)C)c2)C1=O. The Morgan fingerprint density at radius 3 is 2.60 bits per heavy atom. The highest BCUT2D eigenvalue weighted by Crippen LogP contribution is 2.34. The lowest BCUT2D eigenvalue weighted by Gasteiger charge is -2.34. The highest BCUT2D eigenvalue weighted by molar-refractivity contribution is 7.90. The molecule has 0 bridgehead atoms. The molecule has 1 aliphatic rings. The van der Waals surface area contributed by atoms with Gasteiger partial charge >= 0.3 is 12.1 Å². The van der Waals surface area contributed by atoms with Crippen LogP contribution >= 0.6 is 0 Å². The number of nitrogens with one attached hydrogen (secondary N) is 1. The van der Waals surface area contributed by atoms with Gasteiger partial charge < -0.3 is 9.64 Å². The topological polar surface area (TPSA) is 122 Å². The largest absolute Gasteiger partial charge is 0.444 e. The molecule has 0 fully saturated rings. The van der Waals surface area contributed by atoms with E-state index in [1.54, 1.807) is 52.1 Å². The molecule has 1 N–H and O–H groups in total. The van der Waals surface area contributed by atoms with Crippen LogP contribution in [0.15, 0.2) is 35.6 Å². The summed E-state index contributed by atoms with van der Waals surface area (Å²) in [7, 11) is -2.05. The summed E-state index contributed by atoms with van der Waals surface area (Å²) in [5.41, 5.74) is 0.738. The molecule has 0 atom stereocenters. The van der Waals surface area contributed by atoms with Gasteiger partial charge in [0.05, 0.1) is 12.2 Å². The van der Waals surface area contributed by atoms with Gasteiger partial charge in [0.25, 0.3) is 0 Å². The van der Waals surface area contributed by atoms with E-state index in [1.807, 2.05) is 0 Å². The molecule has 30 heavy (non-hydrogen) atoms. The maximum atomic E-state index is 12.9. The van der Waals surface area contributed by atoms with Crippen LogP contribution in [0.25, 0.3) is 0 Å². The number of fused-ring (bicyclic) bond motifs is 1. The second kappa shape index (κ2) is 7.56. The van der Waals surface area contributed by atoms with Crippen LogP contribution in [0.3, 0.4) is 0 Å². The fourth-order valence-corrected chi connectivity index (χ4v) is 3.32. The maximum Gasteiger partial charge on any atom is 0.412 e. The van der Waals surface area contributed by atoms with Gasteiger partial charge in [0, 0.05) is 30.8 Å². The molecule has 0 spiro atoms. The van der Waals surface area contributed by atoms with Gasteiger partial charge in [0.15, 0.2) is 5.82 Å². The van der Waals surface area contributed by atoms with Gasteiger partial charge in [-0.25, -0.2) is 27.9 Å². The number of amides is 3. The average Bonchev–Trinajstić information content (AvgIpc) is 2.60. The van der Waals surface area contributed by atoms with Gasteiger partial charge in [-0.05, 0) is 39.0 Å². The number of sulfone groups is 1. The molecule has 160 valence electrons. The van der Waals surface area contributed by atoms with Crippen LogP contribution in [0, 0.1) is 0 Å². The lowest BCUT2D eigenvalue weighted by molar-refractivity contribution is 0.0636. The smallest absolute Gasteiger partial charge is 0.412 e. The first-order valence-electron chi connectivity index (χ1n) is 9.06. The zero-order valence-corrected chi connectivity index (χ0v) is 18.1. The molecule has 0 aliphatic carbocycles. The van der Waals surface area contributed by atoms with Crippen molar-refractivity contribution in [1.29, 1.82) is 0 Å². The zero-order valence-electron chi connectivity index (χ0n) is 17.3. The van der Waals surface area contributed by atoms with Crippen LogP contribution in [0.5, 0.6) is 0 Å². The molecular formula is C19H23N5O5S.